The van der Waals surface area contributed by atoms with Crippen molar-refractivity contribution in [2.24, 2.45) is 0 Å². The van der Waals surface area contributed by atoms with Crippen LogP contribution in [0.4, 0.5) is 0 Å². The molecule has 0 saturated carbocycles. The highest BCUT2D eigenvalue weighted by Gasteiger charge is 2.28. The SMILES string of the molecule is COC(=O)C=C1OC(=O)C(C)=C1OC. The number of ether oxygens (including phenoxy) is 3. The van der Waals surface area contributed by atoms with Gasteiger partial charge in [0.25, 0.3) is 0 Å². The third kappa shape index (κ3) is 1.76. The van der Waals surface area contributed by atoms with Gasteiger partial charge >= 0.3 is 11.9 Å². The predicted molar refractivity (Wildman–Crippen MR) is 45.9 cm³/mol. The molecule has 0 unspecified atom stereocenters. The van der Waals surface area contributed by atoms with Gasteiger partial charge in [-0.1, -0.05) is 0 Å². The molecule has 0 spiro atoms. The fourth-order valence-corrected chi connectivity index (χ4v) is 1.01. The normalized spacial score (nSPS) is 18.5. The quantitative estimate of drug-likeness (QED) is 0.478. The Labute approximate surface area is 80.9 Å². The Balaban J connectivity index is 3.00. The lowest BCUT2D eigenvalue weighted by Crippen LogP contribution is -2.00. The van der Waals surface area contributed by atoms with Crippen molar-refractivity contribution in [3.8, 4) is 0 Å². The minimum Gasteiger partial charge on any atom is -0.492 e. The first-order valence-electron chi connectivity index (χ1n) is 3.87. The summed E-state index contributed by atoms with van der Waals surface area (Å²) in [6.07, 6.45) is 1.06. The van der Waals surface area contributed by atoms with Crippen molar-refractivity contribution >= 4 is 11.9 Å². The highest BCUT2D eigenvalue weighted by Crippen LogP contribution is 2.25. The van der Waals surface area contributed by atoms with Gasteiger partial charge in [-0.15, -0.1) is 0 Å². The third-order valence-electron chi connectivity index (χ3n) is 1.73. The number of rotatable bonds is 2. The average Bonchev–Trinajstić information content (AvgIpc) is 2.42. The van der Waals surface area contributed by atoms with E-state index in [1.165, 1.54) is 14.2 Å². The van der Waals surface area contributed by atoms with E-state index in [0.717, 1.165) is 6.08 Å². The van der Waals surface area contributed by atoms with Gasteiger partial charge in [-0.25, -0.2) is 9.59 Å². The fourth-order valence-electron chi connectivity index (χ4n) is 1.01. The predicted octanol–water partition coefficient (Wildman–Crippen LogP) is 0.520. The molecule has 0 aliphatic carbocycles. The number of carbonyl (C=O) groups is 2. The second-order valence-electron chi connectivity index (χ2n) is 2.58. The van der Waals surface area contributed by atoms with Crippen LogP contribution in [0, 0.1) is 0 Å². The van der Waals surface area contributed by atoms with Crippen LogP contribution in [0.15, 0.2) is 23.2 Å². The summed E-state index contributed by atoms with van der Waals surface area (Å²) in [5.41, 5.74) is 0.336. The van der Waals surface area contributed by atoms with Crippen LogP contribution in [0.1, 0.15) is 6.92 Å². The first-order chi connectivity index (χ1) is 6.60. The lowest BCUT2D eigenvalue weighted by molar-refractivity contribution is -0.135. The Morgan fingerprint density at radius 3 is 2.57 bits per heavy atom. The highest BCUT2D eigenvalue weighted by molar-refractivity contribution is 5.95. The molecule has 0 fully saturated rings. The molecule has 1 aliphatic heterocycles. The maximum atomic E-state index is 11.1. The summed E-state index contributed by atoms with van der Waals surface area (Å²) >= 11 is 0. The zero-order chi connectivity index (χ0) is 10.7. The van der Waals surface area contributed by atoms with E-state index in [1.54, 1.807) is 6.92 Å². The Morgan fingerprint density at radius 2 is 2.07 bits per heavy atom. The summed E-state index contributed by atoms with van der Waals surface area (Å²) in [5, 5.41) is 0. The standard InChI is InChI=1S/C9H10O5/c1-5-8(13-3)6(14-9(5)11)4-7(10)12-2/h4H,1-3H3. The van der Waals surface area contributed by atoms with E-state index in [-0.39, 0.29) is 11.5 Å². The van der Waals surface area contributed by atoms with E-state index in [0.29, 0.717) is 5.57 Å². The van der Waals surface area contributed by atoms with Crippen LogP contribution in [0.3, 0.4) is 0 Å². The topological polar surface area (TPSA) is 61.8 Å². The van der Waals surface area contributed by atoms with Gasteiger partial charge in [-0.2, -0.15) is 0 Å². The largest absolute Gasteiger partial charge is 0.492 e. The number of carbonyl (C=O) groups excluding carboxylic acids is 2. The molecule has 14 heavy (non-hydrogen) atoms. The average molecular weight is 198 g/mol. The smallest absolute Gasteiger partial charge is 0.343 e. The summed E-state index contributed by atoms with van der Waals surface area (Å²) in [6, 6.07) is 0. The minimum absolute atomic E-state index is 0.0850. The zero-order valence-electron chi connectivity index (χ0n) is 8.12. The number of cyclic esters (lactones) is 1. The molecule has 0 saturated heterocycles. The van der Waals surface area contributed by atoms with Gasteiger partial charge in [0, 0.05) is 0 Å². The Kier molecular flexibility index (Phi) is 2.91. The van der Waals surface area contributed by atoms with Gasteiger partial charge in [-0.3, -0.25) is 0 Å². The molecule has 0 radical (unpaired) electrons. The van der Waals surface area contributed by atoms with Crippen LogP contribution in [0.5, 0.6) is 0 Å². The van der Waals surface area contributed by atoms with E-state index in [1.807, 2.05) is 0 Å². The summed E-state index contributed by atoms with van der Waals surface area (Å²) < 4.78 is 14.1. The van der Waals surface area contributed by atoms with Crippen molar-refractivity contribution in [1.29, 1.82) is 0 Å². The molecule has 0 aromatic carbocycles. The van der Waals surface area contributed by atoms with Crippen molar-refractivity contribution in [2.45, 2.75) is 6.92 Å². The third-order valence-corrected chi connectivity index (χ3v) is 1.73. The molecule has 0 amide bonds. The fraction of sp³-hybridized carbons (Fsp3) is 0.333. The van der Waals surface area contributed by atoms with Crippen LogP contribution >= 0.6 is 0 Å². The summed E-state index contributed by atoms with van der Waals surface area (Å²) in [7, 11) is 2.63. The lowest BCUT2D eigenvalue weighted by atomic mass is 10.2. The molecule has 5 heteroatoms. The molecule has 5 nitrogen and oxygen atoms in total. The van der Waals surface area contributed by atoms with Gasteiger partial charge < -0.3 is 14.2 Å². The highest BCUT2D eigenvalue weighted by atomic mass is 16.6. The molecule has 0 aromatic rings. The second-order valence-corrected chi connectivity index (χ2v) is 2.58. The van der Waals surface area contributed by atoms with Crippen LogP contribution < -0.4 is 0 Å². The minimum atomic E-state index is -0.600. The number of hydrogen-bond donors (Lipinski definition) is 0. The van der Waals surface area contributed by atoms with Crippen molar-refractivity contribution in [1.82, 2.24) is 0 Å². The zero-order valence-corrected chi connectivity index (χ0v) is 8.12. The van der Waals surface area contributed by atoms with Crippen molar-refractivity contribution in [3.63, 3.8) is 0 Å². The first-order valence-corrected chi connectivity index (χ1v) is 3.87. The monoisotopic (exact) mass is 198 g/mol. The number of methoxy groups -OCH3 is 2. The van der Waals surface area contributed by atoms with E-state index >= 15 is 0 Å². The van der Waals surface area contributed by atoms with Crippen LogP contribution in [-0.4, -0.2) is 26.2 Å². The number of hydrogen-bond acceptors (Lipinski definition) is 5. The molecule has 0 atom stereocenters. The van der Waals surface area contributed by atoms with Gasteiger partial charge in [-0.05, 0) is 6.92 Å². The Hall–Kier alpha value is -1.78. The molecule has 1 aliphatic rings. The Bertz CT molecular complexity index is 337. The van der Waals surface area contributed by atoms with E-state index in [2.05, 4.69) is 4.74 Å². The summed E-state index contributed by atoms with van der Waals surface area (Å²) in [6.45, 7) is 1.55. The van der Waals surface area contributed by atoms with Crippen molar-refractivity contribution in [3.05, 3.63) is 23.2 Å². The maximum absolute atomic E-state index is 11.1. The molecular weight excluding hydrogens is 188 g/mol. The summed E-state index contributed by atoms with van der Waals surface area (Å²) in [4.78, 5) is 21.9. The molecule has 0 bridgehead atoms. The molecular formula is C9H10O5. The number of esters is 2. The van der Waals surface area contributed by atoms with Crippen molar-refractivity contribution < 1.29 is 23.8 Å². The van der Waals surface area contributed by atoms with E-state index in [9.17, 15) is 9.59 Å². The van der Waals surface area contributed by atoms with E-state index in [4.69, 9.17) is 9.47 Å². The van der Waals surface area contributed by atoms with Gasteiger partial charge in [0.05, 0.1) is 25.9 Å². The van der Waals surface area contributed by atoms with Gasteiger partial charge in [0.15, 0.2) is 11.5 Å². The summed E-state index contributed by atoms with van der Waals surface area (Å²) in [5.74, 6) is -0.767. The van der Waals surface area contributed by atoms with Crippen LogP contribution in [0.25, 0.3) is 0 Å². The van der Waals surface area contributed by atoms with Crippen molar-refractivity contribution in [2.75, 3.05) is 14.2 Å². The van der Waals surface area contributed by atoms with E-state index < -0.39 is 11.9 Å². The first kappa shape index (κ1) is 10.3. The Morgan fingerprint density at radius 1 is 1.43 bits per heavy atom. The molecule has 76 valence electrons. The lowest BCUT2D eigenvalue weighted by Gasteiger charge is -2.01. The second kappa shape index (κ2) is 3.95. The molecule has 0 aromatic heterocycles. The van der Waals surface area contributed by atoms with Crippen LogP contribution in [0.2, 0.25) is 0 Å². The molecule has 1 heterocycles. The maximum Gasteiger partial charge on any atom is 0.343 e. The molecule has 1 rings (SSSR count). The van der Waals surface area contributed by atoms with Gasteiger partial charge in [0.2, 0.25) is 0 Å². The van der Waals surface area contributed by atoms with Gasteiger partial charge in [0.1, 0.15) is 0 Å². The molecule has 0 N–H and O–H groups in total. The van der Waals surface area contributed by atoms with Crippen LogP contribution in [-0.2, 0) is 23.8 Å².